The van der Waals surface area contributed by atoms with Crippen molar-refractivity contribution >= 4 is 54.4 Å². The summed E-state index contributed by atoms with van der Waals surface area (Å²) in [5.41, 5.74) is 13.1. The van der Waals surface area contributed by atoms with E-state index in [1.807, 2.05) is 18.2 Å². The molecule has 0 spiro atoms. The van der Waals surface area contributed by atoms with Crippen molar-refractivity contribution in [2.45, 2.75) is 51.9 Å². The Morgan fingerprint density at radius 1 is 0.460 bits per heavy atom. The molecule has 11 aromatic rings. The predicted molar refractivity (Wildman–Crippen MR) is 262 cm³/mol. The molecule has 1 atom stereocenters. The monoisotopic (exact) mass is 813 g/mol. The first-order valence-corrected chi connectivity index (χ1v) is 22.2. The second-order valence-corrected chi connectivity index (χ2v) is 18.8. The van der Waals surface area contributed by atoms with Crippen molar-refractivity contribution < 1.29 is 0 Å². The zero-order chi connectivity index (χ0) is 42.6. The van der Waals surface area contributed by atoms with Crippen molar-refractivity contribution in [1.29, 1.82) is 0 Å². The van der Waals surface area contributed by atoms with Gasteiger partial charge in [0.2, 0.25) is 5.95 Å². The molecular formula is C58H47N5. The number of hydrogen-bond donors (Lipinski definition) is 0. The zero-order valence-corrected chi connectivity index (χ0v) is 36.3. The van der Waals surface area contributed by atoms with Gasteiger partial charge < -0.3 is 4.57 Å². The maximum absolute atomic E-state index is 5.37. The minimum Gasteiger partial charge on any atom is -0.309 e. The van der Waals surface area contributed by atoms with Crippen molar-refractivity contribution in [3.63, 3.8) is 0 Å². The van der Waals surface area contributed by atoms with Crippen LogP contribution in [0.15, 0.2) is 176 Å². The fourth-order valence-corrected chi connectivity index (χ4v) is 10.9. The molecule has 1 aliphatic rings. The van der Waals surface area contributed by atoms with Gasteiger partial charge in [-0.05, 0) is 92.6 Å². The molecule has 3 heterocycles. The van der Waals surface area contributed by atoms with Crippen LogP contribution in [0.2, 0.25) is 0 Å². The summed E-state index contributed by atoms with van der Waals surface area (Å²) < 4.78 is 4.69. The highest BCUT2D eigenvalue weighted by atomic mass is 15.2. The van der Waals surface area contributed by atoms with Crippen molar-refractivity contribution in [2.75, 3.05) is 0 Å². The van der Waals surface area contributed by atoms with E-state index in [2.05, 4.69) is 201 Å². The van der Waals surface area contributed by atoms with Crippen molar-refractivity contribution in [1.82, 2.24) is 24.1 Å². The Balaban J connectivity index is 1.13. The number of fused-ring (bicyclic) bond motifs is 8. The van der Waals surface area contributed by atoms with E-state index < -0.39 is 0 Å². The Morgan fingerprint density at radius 3 is 1.83 bits per heavy atom. The van der Waals surface area contributed by atoms with Crippen LogP contribution in [0.25, 0.3) is 99.9 Å². The van der Waals surface area contributed by atoms with E-state index in [4.69, 9.17) is 15.0 Å². The molecule has 0 amide bonds. The summed E-state index contributed by atoms with van der Waals surface area (Å²) >= 11 is 0. The normalized spacial score (nSPS) is 15.7. The Labute approximate surface area is 367 Å². The number of hydrogen-bond acceptors (Lipinski definition) is 3. The highest BCUT2D eigenvalue weighted by molar-refractivity contribution is 6.19. The first kappa shape index (κ1) is 37.4. The average molecular weight is 814 g/mol. The second-order valence-electron chi connectivity index (χ2n) is 18.8. The SMILES string of the molecule is CC1CC(C)(C)c2cccc(-c3cccc(-n4c5ccccc5c5cc6c7ccccc7n(-c7nc(-c8ccccc8)nc(-c8cccc9ccccc89)n7)c6cc54)c3)c2C1(C)C. The van der Waals surface area contributed by atoms with E-state index in [1.165, 1.54) is 45.0 Å². The van der Waals surface area contributed by atoms with Gasteiger partial charge >= 0.3 is 0 Å². The average Bonchev–Trinajstić information content (AvgIpc) is 3.82. The van der Waals surface area contributed by atoms with E-state index >= 15 is 0 Å². The third-order valence-electron chi connectivity index (χ3n) is 14.3. The number of para-hydroxylation sites is 2. The van der Waals surface area contributed by atoms with Gasteiger partial charge in [-0.15, -0.1) is 0 Å². The molecule has 5 heteroatoms. The highest BCUT2D eigenvalue weighted by Crippen LogP contribution is 2.52. The Hall–Kier alpha value is -7.37. The lowest BCUT2D eigenvalue weighted by molar-refractivity contribution is 0.234. The third-order valence-corrected chi connectivity index (χ3v) is 14.3. The van der Waals surface area contributed by atoms with Crippen LogP contribution in [0.3, 0.4) is 0 Å². The minimum atomic E-state index is 0.0339. The summed E-state index contributed by atoms with van der Waals surface area (Å²) in [5, 5.41) is 6.97. The Morgan fingerprint density at radius 2 is 1.05 bits per heavy atom. The smallest absolute Gasteiger partial charge is 0.238 e. The first-order valence-electron chi connectivity index (χ1n) is 22.2. The quantitative estimate of drug-likeness (QED) is 0.174. The van der Waals surface area contributed by atoms with Crippen LogP contribution in [0.5, 0.6) is 0 Å². The van der Waals surface area contributed by atoms with Crippen LogP contribution in [0.1, 0.15) is 52.2 Å². The van der Waals surface area contributed by atoms with Gasteiger partial charge in [-0.2, -0.15) is 9.97 Å². The van der Waals surface area contributed by atoms with Crippen molar-refractivity contribution in [3.05, 3.63) is 187 Å². The molecule has 1 aliphatic carbocycles. The van der Waals surface area contributed by atoms with Gasteiger partial charge in [-0.3, -0.25) is 4.57 Å². The fourth-order valence-electron chi connectivity index (χ4n) is 10.9. The zero-order valence-electron chi connectivity index (χ0n) is 36.3. The molecule has 0 saturated heterocycles. The molecule has 0 aliphatic heterocycles. The number of aromatic nitrogens is 5. The number of nitrogens with zero attached hydrogens (tertiary/aromatic N) is 5. The van der Waals surface area contributed by atoms with Gasteiger partial charge in [0.05, 0.1) is 22.1 Å². The summed E-state index contributed by atoms with van der Waals surface area (Å²) in [4.78, 5) is 15.8. The maximum Gasteiger partial charge on any atom is 0.238 e. The first-order chi connectivity index (χ1) is 30.7. The van der Waals surface area contributed by atoms with Crippen LogP contribution >= 0.6 is 0 Å². The maximum atomic E-state index is 5.37. The standard InChI is InChI=1S/C58H47N5/c1-36-35-57(2,3)48-29-17-27-42(53(48)58(36,4)5)39-22-15-23-40(32-39)62-49-30-13-11-25-43(49)46-33-47-44-26-12-14-31-50(44)63(52(47)34-51(46)62)56-60-54(38-19-7-6-8-20-38)59-55(61-56)45-28-16-21-37-18-9-10-24-41(37)45/h6-34,36H,35H2,1-5H3. The van der Waals surface area contributed by atoms with E-state index in [9.17, 15) is 0 Å². The molecule has 8 aromatic carbocycles. The molecule has 5 nitrogen and oxygen atoms in total. The molecule has 0 N–H and O–H groups in total. The van der Waals surface area contributed by atoms with E-state index in [-0.39, 0.29) is 10.8 Å². The van der Waals surface area contributed by atoms with Gasteiger partial charge in [-0.25, -0.2) is 4.98 Å². The third kappa shape index (κ3) is 5.72. The fraction of sp³-hybridized carbons (Fsp3) is 0.155. The van der Waals surface area contributed by atoms with Gasteiger partial charge in [-0.1, -0.05) is 174 Å². The molecular weight excluding hydrogens is 767 g/mol. The number of rotatable bonds is 5. The van der Waals surface area contributed by atoms with Crippen LogP contribution in [-0.4, -0.2) is 24.1 Å². The number of benzene rings is 8. The minimum absolute atomic E-state index is 0.0339. The topological polar surface area (TPSA) is 48.5 Å². The van der Waals surface area contributed by atoms with Gasteiger partial charge in [0.1, 0.15) is 0 Å². The summed E-state index contributed by atoms with van der Waals surface area (Å²) in [7, 11) is 0. The van der Waals surface area contributed by atoms with Gasteiger partial charge in [0.25, 0.3) is 0 Å². The molecule has 304 valence electrons. The summed E-state index contributed by atoms with van der Waals surface area (Å²) in [6.45, 7) is 12.1. The molecule has 0 fully saturated rings. The largest absolute Gasteiger partial charge is 0.309 e. The molecule has 0 saturated carbocycles. The molecule has 3 aromatic heterocycles. The second kappa shape index (κ2) is 13.8. The van der Waals surface area contributed by atoms with Crippen LogP contribution in [0, 0.1) is 5.92 Å². The van der Waals surface area contributed by atoms with Gasteiger partial charge in [0, 0.05) is 38.4 Å². The predicted octanol–water partition coefficient (Wildman–Crippen LogP) is 14.8. The van der Waals surface area contributed by atoms with E-state index in [1.54, 1.807) is 0 Å². The molecule has 12 rings (SSSR count). The molecule has 1 unspecified atom stereocenters. The molecule has 0 radical (unpaired) electrons. The van der Waals surface area contributed by atoms with Gasteiger partial charge in [0.15, 0.2) is 11.6 Å². The van der Waals surface area contributed by atoms with Crippen LogP contribution < -0.4 is 0 Å². The van der Waals surface area contributed by atoms with E-state index in [0.717, 1.165) is 54.9 Å². The van der Waals surface area contributed by atoms with Crippen LogP contribution in [-0.2, 0) is 10.8 Å². The highest BCUT2D eigenvalue weighted by Gasteiger charge is 2.43. The summed E-state index contributed by atoms with van der Waals surface area (Å²) in [5.74, 6) is 2.39. The van der Waals surface area contributed by atoms with Crippen molar-refractivity contribution in [2.24, 2.45) is 5.92 Å². The van der Waals surface area contributed by atoms with E-state index in [0.29, 0.717) is 23.5 Å². The summed E-state index contributed by atoms with van der Waals surface area (Å²) in [6, 6.07) is 63.4. The van der Waals surface area contributed by atoms with Crippen molar-refractivity contribution in [3.8, 4) is 45.5 Å². The molecule has 0 bridgehead atoms. The van der Waals surface area contributed by atoms with Crippen LogP contribution in [0.4, 0.5) is 0 Å². The Bertz CT molecular complexity index is 3620. The molecule has 63 heavy (non-hydrogen) atoms. The lowest BCUT2D eigenvalue weighted by Crippen LogP contribution is -2.40. The Kier molecular flexibility index (Phi) is 8.20. The summed E-state index contributed by atoms with van der Waals surface area (Å²) in [6.07, 6.45) is 1.17. The lowest BCUT2D eigenvalue weighted by atomic mass is 9.57. The lowest BCUT2D eigenvalue weighted by Gasteiger charge is -2.47.